The van der Waals surface area contributed by atoms with Crippen molar-refractivity contribution in [1.29, 1.82) is 0 Å². The molecule has 0 fully saturated rings. The highest BCUT2D eigenvalue weighted by Gasteiger charge is 2.27. The van der Waals surface area contributed by atoms with Crippen LogP contribution in [0, 0.1) is 10.1 Å². The van der Waals surface area contributed by atoms with Crippen LogP contribution in [-0.4, -0.2) is 26.7 Å². The van der Waals surface area contributed by atoms with Gasteiger partial charge in [-0.2, -0.15) is 0 Å². The van der Waals surface area contributed by atoms with Crippen LogP contribution < -0.4 is 0 Å². The van der Waals surface area contributed by atoms with Crippen LogP contribution in [0.15, 0.2) is 6.07 Å². The highest BCUT2D eigenvalue weighted by Crippen LogP contribution is 2.39. The molecule has 1 aromatic rings. The van der Waals surface area contributed by atoms with Crippen molar-refractivity contribution in [2.75, 3.05) is 0 Å². The molecule has 1 rings (SSSR count). The number of carbonyl (C=O) groups is 2. The number of ketones is 2. The van der Waals surface area contributed by atoms with Gasteiger partial charge in [0, 0.05) is 6.07 Å². The number of aromatic hydroxyl groups is 2. The number of nitrogens with zero attached hydrogens (tertiary/aromatic N) is 1. The second-order valence-corrected chi connectivity index (χ2v) is 3.38. The van der Waals surface area contributed by atoms with Crippen molar-refractivity contribution in [3.8, 4) is 11.5 Å². The normalized spacial score (nSPS) is 10.0. The monoisotopic (exact) mass is 239 g/mol. The molecule has 0 aromatic heterocycles. The molecule has 0 unspecified atom stereocenters. The second kappa shape index (κ2) is 4.20. The van der Waals surface area contributed by atoms with Crippen LogP contribution in [0.4, 0.5) is 5.69 Å². The van der Waals surface area contributed by atoms with E-state index < -0.39 is 39.2 Å². The van der Waals surface area contributed by atoms with Gasteiger partial charge in [-0.15, -0.1) is 0 Å². The van der Waals surface area contributed by atoms with Crippen molar-refractivity contribution < 1.29 is 24.7 Å². The number of Topliss-reactive ketones (excluding diaryl/α,β-unsaturated/α-hetero) is 2. The summed E-state index contributed by atoms with van der Waals surface area (Å²) < 4.78 is 0. The first-order chi connectivity index (χ1) is 7.77. The van der Waals surface area contributed by atoms with Gasteiger partial charge < -0.3 is 10.2 Å². The van der Waals surface area contributed by atoms with E-state index >= 15 is 0 Å². The average Bonchev–Trinajstić information content (AvgIpc) is 2.15. The summed E-state index contributed by atoms with van der Waals surface area (Å²) in [6, 6.07) is 0.736. The summed E-state index contributed by atoms with van der Waals surface area (Å²) in [5.74, 6) is -3.10. The highest BCUT2D eigenvalue weighted by molar-refractivity contribution is 6.07. The number of carbonyl (C=O) groups excluding carboxylic acids is 2. The van der Waals surface area contributed by atoms with Gasteiger partial charge in [0.05, 0.1) is 10.5 Å². The number of benzene rings is 1. The summed E-state index contributed by atoms with van der Waals surface area (Å²) in [6.07, 6.45) is 0. The quantitative estimate of drug-likeness (QED) is 0.467. The maximum absolute atomic E-state index is 11.2. The van der Waals surface area contributed by atoms with Crippen molar-refractivity contribution in [1.82, 2.24) is 0 Å². The Morgan fingerprint density at radius 3 is 2.06 bits per heavy atom. The van der Waals surface area contributed by atoms with Gasteiger partial charge in [-0.25, -0.2) is 0 Å². The van der Waals surface area contributed by atoms with Crippen LogP contribution in [0.3, 0.4) is 0 Å². The fraction of sp³-hybridized carbons (Fsp3) is 0.200. The lowest BCUT2D eigenvalue weighted by molar-refractivity contribution is -0.385. The molecule has 0 spiro atoms. The summed E-state index contributed by atoms with van der Waals surface area (Å²) in [4.78, 5) is 32.0. The predicted molar refractivity (Wildman–Crippen MR) is 56.4 cm³/mol. The first-order valence-corrected chi connectivity index (χ1v) is 4.52. The number of hydrogen-bond donors (Lipinski definition) is 2. The zero-order valence-corrected chi connectivity index (χ0v) is 9.05. The van der Waals surface area contributed by atoms with E-state index in [0.717, 1.165) is 19.9 Å². The molecule has 0 atom stereocenters. The molecule has 0 aliphatic rings. The van der Waals surface area contributed by atoms with Gasteiger partial charge >= 0.3 is 5.69 Å². The van der Waals surface area contributed by atoms with E-state index in [2.05, 4.69) is 0 Å². The molecule has 2 N–H and O–H groups in total. The lowest BCUT2D eigenvalue weighted by atomic mass is 10.0. The lowest BCUT2D eigenvalue weighted by Gasteiger charge is -2.08. The number of nitro groups is 1. The molecule has 1 aromatic carbocycles. The van der Waals surface area contributed by atoms with Crippen LogP contribution in [0.5, 0.6) is 11.5 Å². The Bertz CT molecular complexity index is 496. The third-order valence-corrected chi connectivity index (χ3v) is 2.18. The summed E-state index contributed by atoms with van der Waals surface area (Å²) >= 11 is 0. The standard InChI is InChI=1S/C10H9NO6/c1-4(12)6-3-7(11(16)17)10(15)8(5(2)13)9(6)14/h3,14-15H,1-2H3. The van der Waals surface area contributed by atoms with Gasteiger partial charge in [0.15, 0.2) is 11.6 Å². The molecular weight excluding hydrogens is 230 g/mol. The van der Waals surface area contributed by atoms with Crippen molar-refractivity contribution in [3.63, 3.8) is 0 Å². The minimum atomic E-state index is -0.940. The second-order valence-electron chi connectivity index (χ2n) is 3.38. The Morgan fingerprint density at radius 2 is 1.71 bits per heavy atom. The van der Waals surface area contributed by atoms with E-state index in [0.29, 0.717) is 0 Å². The number of rotatable bonds is 3. The summed E-state index contributed by atoms with van der Waals surface area (Å²) in [5, 5.41) is 29.7. The molecule has 0 saturated carbocycles. The van der Waals surface area contributed by atoms with Crippen LogP contribution in [0.1, 0.15) is 34.6 Å². The Balaban J connectivity index is 3.76. The van der Waals surface area contributed by atoms with E-state index in [-0.39, 0.29) is 5.56 Å². The first kappa shape index (κ1) is 12.6. The molecule has 7 heteroatoms. The summed E-state index contributed by atoms with van der Waals surface area (Å²) in [5.41, 5.74) is -1.79. The molecule has 0 amide bonds. The van der Waals surface area contributed by atoms with Crippen molar-refractivity contribution in [3.05, 3.63) is 27.3 Å². The largest absolute Gasteiger partial charge is 0.506 e. The molecule has 0 radical (unpaired) electrons. The van der Waals surface area contributed by atoms with Crippen LogP contribution in [0.2, 0.25) is 0 Å². The topological polar surface area (TPSA) is 118 Å². The van der Waals surface area contributed by atoms with Gasteiger partial charge in [-0.3, -0.25) is 19.7 Å². The molecule has 0 bridgehead atoms. The molecule has 0 saturated heterocycles. The average molecular weight is 239 g/mol. The Labute approximate surface area is 95.5 Å². The maximum atomic E-state index is 11.2. The molecule has 90 valence electrons. The van der Waals surface area contributed by atoms with E-state index in [1.54, 1.807) is 0 Å². The fourth-order valence-electron chi connectivity index (χ4n) is 1.39. The zero-order valence-electron chi connectivity index (χ0n) is 9.05. The van der Waals surface area contributed by atoms with E-state index in [4.69, 9.17) is 0 Å². The third kappa shape index (κ3) is 2.07. The number of phenols is 2. The minimum absolute atomic E-state index is 0.375. The molecule has 7 nitrogen and oxygen atoms in total. The van der Waals surface area contributed by atoms with Crippen molar-refractivity contribution >= 4 is 17.3 Å². The van der Waals surface area contributed by atoms with Crippen molar-refractivity contribution in [2.24, 2.45) is 0 Å². The van der Waals surface area contributed by atoms with Gasteiger partial charge in [0.1, 0.15) is 11.3 Å². The Kier molecular flexibility index (Phi) is 3.12. The van der Waals surface area contributed by atoms with Crippen LogP contribution in [-0.2, 0) is 0 Å². The predicted octanol–water partition coefficient (Wildman–Crippen LogP) is 1.41. The van der Waals surface area contributed by atoms with Crippen LogP contribution >= 0.6 is 0 Å². The molecule has 17 heavy (non-hydrogen) atoms. The number of hydrogen-bond acceptors (Lipinski definition) is 6. The van der Waals surface area contributed by atoms with Gasteiger partial charge in [0.25, 0.3) is 0 Å². The van der Waals surface area contributed by atoms with Crippen molar-refractivity contribution in [2.45, 2.75) is 13.8 Å². The molecule has 0 aliphatic heterocycles. The molecule has 0 heterocycles. The van der Waals surface area contributed by atoms with E-state index in [1.807, 2.05) is 0 Å². The van der Waals surface area contributed by atoms with E-state index in [1.165, 1.54) is 0 Å². The summed E-state index contributed by atoms with van der Waals surface area (Å²) in [7, 11) is 0. The van der Waals surface area contributed by atoms with Gasteiger partial charge in [-0.1, -0.05) is 0 Å². The molecule has 0 aliphatic carbocycles. The van der Waals surface area contributed by atoms with Gasteiger partial charge in [0.2, 0.25) is 5.75 Å². The smallest absolute Gasteiger partial charge is 0.312 e. The van der Waals surface area contributed by atoms with Gasteiger partial charge in [-0.05, 0) is 13.8 Å². The number of nitro benzene ring substituents is 1. The minimum Gasteiger partial charge on any atom is -0.506 e. The Hall–Kier alpha value is -2.44. The first-order valence-electron chi connectivity index (χ1n) is 4.52. The summed E-state index contributed by atoms with van der Waals surface area (Å²) in [6.45, 7) is 2.10. The highest BCUT2D eigenvalue weighted by atomic mass is 16.6. The lowest BCUT2D eigenvalue weighted by Crippen LogP contribution is -2.03. The molecular formula is C10H9NO6. The maximum Gasteiger partial charge on any atom is 0.312 e. The van der Waals surface area contributed by atoms with E-state index in [9.17, 15) is 29.9 Å². The SMILES string of the molecule is CC(=O)c1cc([N+](=O)[O-])c(O)c(C(C)=O)c1O. The fourth-order valence-corrected chi connectivity index (χ4v) is 1.39. The zero-order chi connectivity index (χ0) is 13.3. The third-order valence-electron chi connectivity index (χ3n) is 2.18. The number of phenolic OH excluding ortho intramolecular Hbond substituents is 2. The Morgan fingerprint density at radius 1 is 1.18 bits per heavy atom. The van der Waals surface area contributed by atoms with Crippen LogP contribution in [0.25, 0.3) is 0 Å².